The van der Waals surface area contributed by atoms with Gasteiger partial charge >= 0.3 is 0 Å². The van der Waals surface area contributed by atoms with E-state index in [1.54, 1.807) is 11.3 Å². The normalized spacial score (nSPS) is 17.1. The first-order valence-corrected chi connectivity index (χ1v) is 10.4. The molecule has 1 unspecified atom stereocenters. The Morgan fingerprint density at radius 3 is 2.78 bits per heavy atom. The quantitative estimate of drug-likeness (QED) is 0.558. The predicted molar refractivity (Wildman–Crippen MR) is 108 cm³/mol. The summed E-state index contributed by atoms with van der Waals surface area (Å²) in [6.45, 7) is 11.4. The van der Waals surface area contributed by atoms with Crippen molar-refractivity contribution >= 4 is 17.3 Å². The lowest BCUT2D eigenvalue weighted by atomic mass is 10.2. The van der Waals surface area contributed by atoms with Gasteiger partial charge in [-0.05, 0) is 32.2 Å². The Balaban J connectivity index is 1.65. The summed E-state index contributed by atoms with van der Waals surface area (Å²) in [5.41, 5.74) is 0.920. The number of hydrogen-bond acceptors (Lipinski definition) is 6. The maximum absolute atomic E-state index is 5.63. The number of nitrogens with zero attached hydrogens (tertiary/aromatic N) is 3. The molecular weight excluding hydrogens is 362 g/mol. The van der Waals surface area contributed by atoms with Crippen LogP contribution in [-0.4, -0.2) is 55.2 Å². The highest BCUT2D eigenvalue weighted by atomic mass is 32.1. The van der Waals surface area contributed by atoms with E-state index in [0.29, 0.717) is 18.5 Å². The summed E-state index contributed by atoms with van der Waals surface area (Å²) in [4.78, 5) is 12.9. The smallest absolute Gasteiger partial charge is 0.216 e. The van der Waals surface area contributed by atoms with E-state index in [1.807, 2.05) is 13.8 Å². The molecule has 8 heteroatoms. The van der Waals surface area contributed by atoms with Gasteiger partial charge in [-0.15, -0.1) is 11.3 Å². The number of nitrogens with one attached hydrogen (secondary N) is 2. The number of rotatable bonds is 7. The zero-order valence-electron chi connectivity index (χ0n) is 16.3. The van der Waals surface area contributed by atoms with Gasteiger partial charge in [0.2, 0.25) is 5.89 Å². The van der Waals surface area contributed by atoms with Crippen molar-refractivity contribution in [3.8, 4) is 0 Å². The zero-order valence-corrected chi connectivity index (χ0v) is 17.1. The lowest BCUT2D eigenvalue weighted by Crippen LogP contribution is -2.46. The number of oxazole rings is 1. The van der Waals surface area contributed by atoms with Crippen LogP contribution < -0.4 is 10.6 Å². The van der Waals surface area contributed by atoms with E-state index in [2.05, 4.69) is 49.9 Å². The average Bonchev–Trinajstić information content (AvgIpc) is 3.31. The molecule has 0 aliphatic carbocycles. The average molecular weight is 392 g/mol. The van der Waals surface area contributed by atoms with Crippen molar-refractivity contribution in [2.45, 2.75) is 33.4 Å². The van der Waals surface area contributed by atoms with Crippen LogP contribution in [0.15, 0.2) is 26.9 Å². The topological polar surface area (TPSA) is 74.9 Å². The van der Waals surface area contributed by atoms with E-state index in [9.17, 15) is 0 Å². The molecule has 1 aliphatic heterocycles. The summed E-state index contributed by atoms with van der Waals surface area (Å²) in [7, 11) is 0. The molecule has 2 N–H and O–H groups in total. The van der Waals surface area contributed by atoms with Gasteiger partial charge in [-0.1, -0.05) is 6.07 Å². The Bertz CT molecular complexity index is 703. The Labute approximate surface area is 164 Å². The Kier molecular flexibility index (Phi) is 7.25. The van der Waals surface area contributed by atoms with E-state index in [1.165, 1.54) is 4.88 Å². The number of aryl methyl sites for hydroxylation is 2. The second kappa shape index (κ2) is 9.87. The van der Waals surface area contributed by atoms with Crippen LogP contribution in [0.3, 0.4) is 0 Å². The van der Waals surface area contributed by atoms with Crippen LogP contribution >= 0.6 is 11.3 Å². The molecule has 1 aliphatic rings. The van der Waals surface area contributed by atoms with Crippen molar-refractivity contribution in [3.05, 3.63) is 39.7 Å². The van der Waals surface area contributed by atoms with Crippen LogP contribution in [0, 0.1) is 13.8 Å². The first-order chi connectivity index (χ1) is 13.2. The van der Waals surface area contributed by atoms with Gasteiger partial charge in [-0.3, -0.25) is 4.90 Å². The molecule has 0 amide bonds. The summed E-state index contributed by atoms with van der Waals surface area (Å²) in [6, 6.07) is 4.62. The molecule has 1 fully saturated rings. The molecule has 27 heavy (non-hydrogen) atoms. The fourth-order valence-electron chi connectivity index (χ4n) is 3.07. The van der Waals surface area contributed by atoms with Crippen molar-refractivity contribution in [1.29, 1.82) is 0 Å². The molecule has 1 saturated heterocycles. The number of ether oxygens (including phenoxy) is 1. The molecule has 1 atom stereocenters. The Hall–Kier alpha value is -1.90. The standard InChI is InChI=1S/C19H29N5O2S/c1-4-20-19(22-13-18-23-14(2)15(3)26-18)21-12-16(17-6-5-11-27-17)24-7-9-25-10-8-24/h5-6,11,16H,4,7-10,12-13H2,1-3H3,(H2,20,21,22). The monoisotopic (exact) mass is 391 g/mol. The zero-order chi connectivity index (χ0) is 19.1. The molecule has 2 aromatic rings. The van der Waals surface area contributed by atoms with Gasteiger partial charge in [-0.25, -0.2) is 9.98 Å². The van der Waals surface area contributed by atoms with Gasteiger partial charge in [0.1, 0.15) is 12.3 Å². The molecule has 0 aromatic carbocycles. The van der Waals surface area contributed by atoms with Crippen molar-refractivity contribution in [1.82, 2.24) is 20.5 Å². The van der Waals surface area contributed by atoms with Gasteiger partial charge in [-0.2, -0.15) is 0 Å². The van der Waals surface area contributed by atoms with E-state index >= 15 is 0 Å². The molecule has 0 radical (unpaired) electrons. The van der Waals surface area contributed by atoms with Crippen molar-refractivity contribution in [2.75, 3.05) is 39.4 Å². The van der Waals surface area contributed by atoms with E-state index < -0.39 is 0 Å². The predicted octanol–water partition coefficient (Wildman–Crippen LogP) is 2.48. The lowest BCUT2D eigenvalue weighted by Gasteiger charge is -2.34. The molecule has 0 spiro atoms. The molecular formula is C19H29N5O2S. The Morgan fingerprint density at radius 2 is 2.15 bits per heavy atom. The number of guanidine groups is 1. The minimum atomic E-state index is 0.309. The third-order valence-electron chi connectivity index (χ3n) is 4.61. The van der Waals surface area contributed by atoms with E-state index in [-0.39, 0.29) is 0 Å². The van der Waals surface area contributed by atoms with Crippen molar-refractivity contribution in [2.24, 2.45) is 4.99 Å². The van der Waals surface area contributed by atoms with Crippen LogP contribution in [0.5, 0.6) is 0 Å². The number of morpholine rings is 1. The molecule has 7 nitrogen and oxygen atoms in total. The first-order valence-electron chi connectivity index (χ1n) is 9.47. The van der Waals surface area contributed by atoms with Crippen LogP contribution in [0.25, 0.3) is 0 Å². The van der Waals surface area contributed by atoms with Crippen molar-refractivity contribution in [3.63, 3.8) is 0 Å². The highest BCUT2D eigenvalue weighted by Gasteiger charge is 2.23. The number of aliphatic imine (C=N–C) groups is 1. The van der Waals surface area contributed by atoms with Gasteiger partial charge in [0, 0.05) is 31.1 Å². The van der Waals surface area contributed by atoms with Crippen molar-refractivity contribution < 1.29 is 9.15 Å². The fourth-order valence-corrected chi connectivity index (χ4v) is 3.93. The second-order valence-electron chi connectivity index (χ2n) is 6.50. The molecule has 3 rings (SSSR count). The maximum atomic E-state index is 5.63. The van der Waals surface area contributed by atoms with Gasteiger partial charge in [0.15, 0.2) is 5.96 Å². The Morgan fingerprint density at radius 1 is 1.33 bits per heavy atom. The molecule has 3 heterocycles. The molecule has 0 saturated carbocycles. The number of hydrogen-bond donors (Lipinski definition) is 2. The first kappa shape index (κ1) is 19.9. The third-order valence-corrected chi connectivity index (χ3v) is 5.58. The summed E-state index contributed by atoms with van der Waals surface area (Å²) in [6.07, 6.45) is 0. The summed E-state index contributed by atoms with van der Waals surface area (Å²) in [5.74, 6) is 2.27. The van der Waals surface area contributed by atoms with Crippen LogP contribution in [0.2, 0.25) is 0 Å². The maximum Gasteiger partial charge on any atom is 0.216 e. The van der Waals surface area contributed by atoms with Crippen LogP contribution in [0.1, 0.15) is 35.2 Å². The van der Waals surface area contributed by atoms with Gasteiger partial charge < -0.3 is 19.8 Å². The summed E-state index contributed by atoms with van der Waals surface area (Å²) < 4.78 is 11.1. The molecule has 0 bridgehead atoms. The number of thiophene rings is 1. The lowest BCUT2D eigenvalue weighted by molar-refractivity contribution is 0.0177. The van der Waals surface area contributed by atoms with Gasteiger partial charge in [0.25, 0.3) is 0 Å². The highest BCUT2D eigenvalue weighted by Crippen LogP contribution is 2.25. The highest BCUT2D eigenvalue weighted by molar-refractivity contribution is 7.10. The summed E-state index contributed by atoms with van der Waals surface area (Å²) in [5, 5.41) is 8.93. The van der Waals surface area contributed by atoms with E-state index in [4.69, 9.17) is 9.15 Å². The van der Waals surface area contributed by atoms with E-state index in [0.717, 1.165) is 56.8 Å². The largest absolute Gasteiger partial charge is 0.444 e. The van der Waals surface area contributed by atoms with Crippen LogP contribution in [-0.2, 0) is 11.3 Å². The second-order valence-corrected chi connectivity index (χ2v) is 7.48. The molecule has 2 aromatic heterocycles. The van der Waals surface area contributed by atoms with Crippen LogP contribution in [0.4, 0.5) is 0 Å². The van der Waals surface area contributed by atoms with Gasteiger partial charge in [0.05, 0.1) is 24.9 Å². The number of aromatic nitrogens is 1. The fraction of sp³-hybridized carbons (Fsp3) is 0.579. The summed E-state index contributed by atoms with van der Waals surface area (Å²) >= 11 is 1.80. The third kappa shape index (κ3) is 5.54. The minimum absolute atomic E-state index is 0.309. The molecule has 148 valence electrons. The minimum Gasteiger partial charge on any atom is -0.444 e. The SMILES string of the molecule is CCNC(=NCc1nc(C)c(C)o1)NCC(c1cccs1)N1CCOCC1.